The second-order valence-electron chi connectivity index (χ2n) is 7.37. The largest absolute Gasteiger partial charge is 0.304 e. The van der Waals surface area contributed by atoms with E-state index in [1.54, 1.807) is 18.2 Å². The molecule has 1 aliphatic carbocycles. The van der Waals surface area contributed by atoms with Gasteiger partial charge in [-0.2, -0.15) is 9.40 Å². The van der Waals surface area contributed by atoms with Gasteiger partial charge in [-0.3, -0.25) is 4.90 Å². The molecule has 2 heterocycles. The summed E-state index contributed by atoms with van der Waals surface area (Å²) in [5, 5.41) is 5.03. The van der Waals surface area contributed by atoms with E-state index in [1.165, 1.54) is 17.1 Å². The molecule has 0 radical (unpaired) electrons. The van der Waals surface area contributed by atoms with Gasteiger partial charge in [0.2, 0.25) is 10.0 Å². The van der Waals surface area contributed by atoms with E-state index in [1.807, 2.05) is 4.68 Å². The van der Waals surface area contributed by atoms with Gasteiger partial charge in [-0.1, -0.05) is 29.3 Å². The van der Waals surface area contributed by atoms with Crippen molar-refractivity contribution < 1.29 is 8.42 Å². The standard InChI is InChI=1S/C18H23Cl2N5O2S2/c1-2-24-17(13-6-7-13)21-25(18(24)28)12-22-8-10-23(11-9-22)29(26,27)16-14(19)4-3-5-15(16)20/h3-5,13H,2,6-12H2,1H3. The van der Waals surface area contributed by atoms with Crippen molar-refractivity contribution in [3.8, 4) is 0 Å². The number of sulfonamides is 1. The summed E-state index contributed by atoms with van der Waals surface area (Å²) < 4.78 is 32.2. The van der Waals surface area contributed by atoms with Crippen molar-refractivity contribution in [3.63, 3.8) is 0 Å². The van der Waals surface area contributed by atoms with Crippen LogP contribution in [0.2, 0.25) is 10.0 Å². The molecule has 0 atom stereocenters. The Labute approximate surface area is 185 Å². The maximum Gasteiger partial charge on any atom is 0.246 e. The van der Waals surface area contributed by atoms with Crippen LogP contribution >= 0.6 is 35.4 Å². The predicted molar refractivity (Wildman–Crippen MR) is 115 cm³/mol. The molecule has 2 aliphatic rings. The van der Waals surface area contributed by atoms with E-state index in [0.717, 1.165) is 17.1 Å². The van der Waals surface area contributed by atoms with Gasteiger partial charge in [-0.15, -0.1) is 0 Å². The van der Waals surface area contributed by atoms with Crippen molar-refractivity contribution >= 4 is 45.4 Å². The van der Waals surface area contributed by atoms with Crippen molar-refractivity contribution in [2.75, 3.05) is 26.2 Å². The van der Waals surface area contributed by atoms with Crippen molar-refractivity contribution in [1.29, 1.82) is 0 Å². The maximum atomic E-state index is 13.0. The van der Waals surface area contributed by atoms with E-state index in [9.17, 15) is 8.42 Å². The molecule has 1 aromatic heterocycles. The Balaban J connectivity index is 1.46. The highest BCUT2D eigenvalue weighted by Gasteiger charge is 2.33. The SMILES string of the molecule is CCn1c(C2CC2)nn(CN2CCN(S(=O)(=O)c3c(Cl)cccc3Cl)CC2)c1=S. The molecule has 7 nitrogen and oxygen atoms in total. The van der Waals surface area contributed by atoms with Gasteiger partial charge in [0, 0.05) is 38.6 Å². The molecule has 1 aliphatic heterocycles. The molecule has 11 heteroatoms. The van der Waals surface area contributed by atoms with E-state index in [0.29, 0.717) is 38.8 Å². The monoisotopic (exact) mass is 475 g/mol. The van der Waals surface area contributed by atoms with Crippen LogP contribution in [0.25, 0.3) is 0 Å². The lowest BCUT2D eigenvalue weighted by Gasteiger charge is -2.33. The van der Waals surface area contributed by atoms with Crippen molar-refractivity contribution in [3.05, 3.63) is 38.8 Å². The number of benzene rings is 1. The summed E-state index contributed by atoms with van der Waals surface area (Å²) >= 11 is 17.8. The van der Waals surface area contributed by atoms with Crippen LogP contribution in [0.4, 0.5) is 0 Å². The highest BCUT2D eigenvalue weighted by Crippen LogP contribution is 2.39. The summed E-state index contributed by atoms with van der Waals surface area (Å²) in [4.78, 5) is 2.15. The first-order valence-electron chi connectivity index (χ1n) is 9.67. The van der Waals surface area contributed by atoms with Gasteiger partial charge in [0.25, 0.3) is 0 Å². The van der Waals surface area contributed by atoms with Crippen LogP contribution in [0.5, 0.6) is 0 Å². The van der Waals surface area contributed by atoms with Gasteiger partial charge in [-0.05, 0) is 44.1 Å². The van der Waals surface area contributed by atoms with E-state index in [4.69, 9.17) is 40.5 Å². The molecule has 158 valence electrons. The normalized spacial score (nSPS) is 19.0. The Kier molecular flexibility index (Phi) is 6.07. The first-order chi connectivity index (χ1) is 13.8. The zero-order valence-corrected chi connectivity index (χ0v) is 19.2. The minimum Gasteiger partial charge on any atom is -0.304 e. The predicted octanol–water partition coefficient (Wildman–Crippen LogP) is 3.58. The second-order valence-corrected chi connectivity index (χ2v) is 10.4. The third kappa shape index (κ3) is 4.13. The first kappa shape index (κ1) is 21.3. The molecule has 0 spiro atoms. The molecule has 2 aromatic rings. The minimum absolute atomic E-state index is 0.0187. The Morgan fingerprint density at radius 1 is 1.14 bits per heavy atom. The number of piperazine rings is 1. The molecule has 1 saturated carbocycles. The molecule has 0 unspecified atom stereocenters. The van der Waals surface area contributed by atoms with Gasteiger partial charge < -0.3 is 4.57 Å². The third-order valence-electron chi connectivity index (χ3n) is 5.39. The minimum atomic E-state index is -3.74. The fourth-order valence-electron chi connectivity index (χ4n) is 3.65. The molecule has 1 saturated heterocycles. The van der Waals surface area contributed by atoms with E-state index in [-0.39, 0.29) is 14.9 Å². The van der Waals surface area contributed by atoms with E-state index >= 15 is 0 Å². The van der Waals surface area contributed by atoms with Crippen LogP contribution < -0.4 is 0 Å². The molecule has 1 aromatic carbocycles. The third-order valence-corrected chi connectivity index (χ3v) is 8.68. The van der Waals surface area contributed by atoms with Crippen LogP contribution in [-0.2, 0) is 23.2 Å². The second kappa shape index (κ2) is 8.28. The molecule has 29 heavy (non-hydrogen) atoms. The van der Waals surface area contributed by atoms with Gasteiger partial charge in [0.15, 0.2) is 4.77 Å². The Morgan fingerprint density at radius 2 is 1.76 bits per heavy atom. The number of hydrogen-bond donors (Lipinski definition) is 0. The molecule has 4 rings (SSSR count). The van der Waals surface area contributed by atoms with Gasteiger partial charge in [0.05, 0.1) is 16.7 Å². The lowest BCUT2D eigenvalue weighted by atomic mass is 10.4. The van der Waals surface area contributed by atoms with Crippen LogP contribution in [0.3, 0.4) is 0 Å². The molecular formula is C18H23Cl2N5O2S2. The summed E-state index contributed by atoms with van der Waals surface area (Å²) in [6.45, 7) is 5.35. The quantitative estimate of drug-likeness (QED) is 0.597. The first-order valence-corrected chi connectivity index (χ1v) is 12.3. The molecule has 0 amide bonds. The summed E-state index contributed by atoms with van der Waals surface area (Å²) in [6, 6.07) is 4.72. The number of hydrogen-bond acceptors (Lipinski definition) is 5. The van der Waals surface area contributed by atoms with Crippen molar-refractivity contribution in [2.24, 2.45) is 0 Å². The lowest BCUT2D eigenvalue weighted by molar-refractivity contribution is 0.144. The molecule has 2 fully saturated rings. The summed E-state index contributed by atoms with van der Waals surface area (Å²) in [6.07, 6.45) is 2.35. The fraction of sp³-hybridized carbons (Fsp3) is 0.556. The van der Waals surface area contributed by atoms with Gasteiger partial charge >= 0.3 is 0 Å². The average molecular weight is 476 g/mol. The molecule has 0 N–H and O–H groups in total. The Morgan fingerprint density at radius 3 is 2.31 bits per heavy atom. The zero-order valence-electron chi connectivity index (χ0n) is 16.1. The average Bonchev–Trinajstić information content (AvgIpc) is 3.47. The Hall–Kier alpha value is -0.970. The topological polar surface area (TPSA) is 63.4 Å². The van der Waals surface area contributed by atoms with Crippen molar-refractivity contribution in [1.82, 2.24) is 23.6 Å². The van der Waals surface area contributed by atoms with Crippen LogP contribution in [-0.4, -0.2) is 58.1 Å². The zero-order chi connectivity index (χ0) is 20.8. The van der Waals surface area contributed by atoms with E-state index in [2.05, 4.69) is 16.4 Å². The maximum absolute atomic E-state index is 13.0. The van der Waals surface area contributed by atoms with Gasteiger partial charge in [0.1, 0.15) is 10.7 Å². The lowest BCUT2D eigenvalue weighted by Crippen LogP contribution is -2.49. The number of nitrogens with zero attached hydrogens (tertiary/aromatic N) is 5. The molecular weight excluding hydrogens is 453 g/mol. The van der Waals surface area contributed by atoms with Crippen LogP contribution in [0.15, 0.2) is 23.1 Å². The Bertz CT molecular complexity index is 1050. The fourth-order valence-corrected chi connectivity index (χ4v) is 6.48. The highest BCUT2D eigenvalue weighted by atomic mass is 35.5. The summed E-state index contributed by atoms with van der Waals surface area (Å²) in [5.74, 6) is 1.60. The molecule has 0 bridgehead atoms. The van der Waals surface area contributed by atoms with Gasteiger partial charge in [-0.25, -0.2) is 13.1 Å². The van der Waals surface area contributed by atoms with Crippen LogP contribution in [0, 0.1) is 4.77 Å². The van der Waals surface area contributed by atoms with E-state index < -0.39 is 10.0 Å². The number of rotatable bonds is 6. The van der Waals surface area contributed by atoms with Crippen molar-refractivity contribution in [2.45, 2.75) is 43.8 Å². The summed E-state index contributed by atoms with van der Waals surface area (Å²) in [7, 11) is -3.74. The number of aromatic nitrogens is 3. The van der Waals surface area contributed by atoms with Crippen LogP contribution in [0.1, 0.15) is 31.5 Å². The highest BCUT2D eigenvalue weighted by molar-refractivity contribution is 7.89. The smallest absolute Gasteiger partial charge is 0.246 e. The number of halogens is 2. The summed E-state index contributed by atoms with van der Waals surface area (Å²) in [5.41, 5.74) is 0.